The summed E-state index contributed by atoms with van der Waals surface area (Å²) in [6.45, 7) is 5.53. The summed E-state index contributed by atoms with van der Waals surface area (Å²) in [5, 5.41) is 6.06. The highest BCUT2D eigenvalue weighted by Crippen LogP contribution is 2.24. The second-order valence-electron chi connectivity index (χ2n) is 7.66. The molecule has 0 spiro atoms. The van der Waals surface area contributed by atoms with E-state index in [4.69, 9.17) is 0 Å². The molecule has 0 atom stereocenters. The summed E-state index contributed by atoms with van der Waals surface area (Å²) in [5.41, 5.74) is 2.67. The molecule has 2 aromatic carbocycles. The van der Waals surface area contributed by atoms with Gasteiger partial charge in [0.1, 0.15) is 0 Å². The lowest BCUT2D eigenvalue weighted by Gasteiger charge is -2.34. The maximum Gasteiger partial charge on any atom is 0.253 e. The average Bonchev–Trinajstić information content (AvgIpc) is 2.73. The molecule has 2 amide bonds. The van der Waals surface area contributed by atoms with E-state index in [0.717, 1.165) is 37.2 Å². The molecule has 1 fully saturated rings. The van der Waals surface area contributed by atoms with Crippen molar-refractivity contribution in [3.8, 4) is 0 Å². The van der Waals surface area contributed by atoms with Crippen molar-refractivity contribution in [2.45, 2.75) is 38.8 Å². The largest absolute Gasteiger partial charge is 0.371 e. The first-order valence-corrected chi connectivity index (χ1v) is 10.2. The van der Waals surface area contributed by atoms with Crippen molar-refractivity contribution >= 4 is 23.6 Å². The van der Waals surface area contributed by atoms with Crippen molar-refractivity contribution < 1.29 is 9.59 Å². The Hall–Kier alpha value is -3.08. The van der Waals surface area contributed by atoms with Crippen molar-refractivity contribution in [2.75, 3.05) is 18.0 Å². The lowest BCUT2D eigenvalue weighted by Crippen LogP contribution is -2.45. The van der Waals surface area contributed by atoms with Gasteiger partial charge in [0, 0.05) is 36.9 Å². The van der Waals surface area contributed by atoms with Crippen LogP contribution in [0.5, 0.6) is 0 Å². The molecular weight excluding hydrogens is 362 g/mol. The summed E-state index contributed by atoms with van der Waals surface area (Å²) in [7, 11) is 0. The van der Waals surface area contributed by atoms with Gasteiger partial charge in [0.2, 0.25) is 5.91 Å². The molecule has 0 saturated carbocycles. The van der Waals surface area contributed by atoms with Crippen LogP contribution in [0.3, 0.4) is 0 Å². The Balaban J connectivity index is 1.55. The molecule has 1 aliphatic rings. The molecule has 3 rings (SSSR count). The number of benzene rings is 2. The van der Waals surface area contributed by atoms with Gasteiger partial charge in [-0.25, -0.2) is 0 Å². The van der Waals surface area contributed by atoms with Crippen molar-refractivity contribution in [1.82, 2.24) is 10.6 Å². The van der Waals surface area contributed by atoms with E-state index >= 15 is 0 Å². The minimum atomic E-state index is -0.0657. The Labute approximate surface area is 172 Å². The minimum Gasteiger partial charge on any atom is -0.371 e. The smallest absolute Gasteiger partial charge is 0.253 e. The second kappa shape index (κ2) is 9.92. The van der Waals surface area contributed by atoms with Gasteiger partial charge in [-0.2, -0.15) is 0 Å². The average molecular weight is 392 g/mol. The lowest BCUT2D eigenvalue weighted by molar-refractivity contribution is -0.117. The first-order chi connectivity index (χ1) is 14.0. The molecule has 0 aromatic heterocycles. The Bertz CT molecular complexity index is 853. The summed E-state index contributed by atoms with van der Waals surface area (Å²) >= 11 is 0. The first kappa shape index (κ1) is 20.6. The fourth-order valence-electron chi connectivity index (χ4n) is 3.53. The maximum absolute atomic E-state index is 12.5. The van der Waals surface area contributed by atoms with E-state index in [1.54, 1.807) is 6.08 Å². The van der Waals surface area contributed by atoms with Crippen LogP contribution in [0.1, 0.15) is 42.6 Å². The zero-order valence-electron chi connectivity index (χ0n) is 17.1. The number of carbonyl (C=O) groups is 2. The number of rotatable bonds is 6. The normalized spacial score (nSPS) is 14.9. The van der Waals surface area contributed by atoms with Crippen LogP contribution in [-0.4, -0.2) is 37.0 Å². The molecule has 2 N–H and O–H groups in total. The number of piperidine rings is 1. The van der Waals surface area contributed by atoms with Gasteiger partial charge in [-0.1, -0.05) is 42.5 Å². The molecule has 0 bridgehead atoms. The Morgan fingerprint density at radius 2 is 1.66 bits per heavy atom. The van der Waals surface area contributed by atoms with Crippen molar-refractivity contribution in [1.29, 1.82) is 0 Å². The van der Waals surface area contributed by atoms with Gasteiger partial charge in [0.25, 0.3) is 5.91 Å². The third-order valence-electron chi connectivity index (χ3n) is 4.98. The molecule has 2 aromatic rings. The summed E-state index contributed by atoms with van der Waals surface area (Å²) in [4.78, 5) is 27.0. The number of para-hydroxylation sites is 1. The van der Waals surface area contributed by atoms with Crippen LogP contribution in [0.4, 0.5) is 5.69 Å². The zero-order chi connectivity index (χ0) is 20.6. The van der Waals surface area contributed by atoms with Gasteiger partial charge in [0.15, 0.2) is 0 Å². The molecule has 1 heterocycles. The van der Waals surface area contributed by atoms with Gasteiger partial charge >= 0.3 is 0 Å². The molecule has 5 heteroatoms. The van der Waals surface area contributed by atoms with Crippen LogP contribution < -0.4 is 15.5 Å². The lowest BCUT2D eigenvalue weighted by atomic mass is 10.0. The quantitative estimate of drug-likeness (QED) is 0.740. The van der Waals surface area contributed by atoms with E-state index in [9.17, 15) is 9.59 Å². The molecule has 1 aliphatic heterocycles. The SMILES string of the molecule is CC(C)NC(=O)c1ccccc1N1CCC(NC(=O)/C=C/c2ccccc2)CC1. The number of amides is 2. The van der Waals surface area contributed by atoms with E-state index in [-0.39, 0.29) is 23.9 Å². The molecule has 5 nitrogen and oxygen atoms in total. The molecule has 0 aliphatic carbocycles. The number of hydrogen-bond donors (Lipinski definition) is 2. The van der Waals surface area contributed by atoms with E-state index in [2.05, 4.69) is 15.5 Å². The van der Waals surface area contributed by atoms with Gasteiger partial charge in [0.05, 0.1) is 5.56 Å². The molecular formula is C24H29N3O2. The van der Waals surface area contributed by atoms with Crippen LogP contribution in [0.2, 0.25) is 0 Å². The van der Waals surface area contributed by atoms with Crippen LogP contribution in [-0.2, 0) is 4.79 Å². The standard InChI is InChI=1S/C24H29N3O2/c1-18(2)25-24(29)21-10-6-7-11-22(21)27-16-14-20(15-17-27)26-23(28)13-12-19-8-4-3-5-9-19/h3-13,18,20H,14-17H2,1-2H3,(H,25,29)(H,26,28)/b13-12+. The van der Waals surface area contributed by atoms with E-state index < -0.39 is 0 Å². The van der Waals surface area contributed by atoms with Crippen LogP contribution in [0, 0.1) is 0 Å². The first-order valence-electron chi connectivity index (χ1n) is 10.2. The third-order valence-corrected chi connectivity index (χ3v) is 4.98. The minimum absolute atomic E-state index is 0.0444. The van der Waals surface area contributed by atoms with E-state index in [1.165, 1.54) is 0 Å². The number of nitrogens with one attached hydrogen (secondary N) is 2. The van der Waals surface area contributed by atoms with Gasteiger partial charge in [-0.3, -0.25) is 9.59 Å². The fourth-order valence-corrected chi connectivity index (χ4v) is 3.53. The monoisotopic (exact) mass is 391 g/mol. The summed E-state index contributed by atoms with van der Waals surface area (Å²) in [6.07, 6.45) is 5.12. The number of carbonyl (C=O) groups excluding carboxylic acids is 2. The van der Waals surface area contributed by atoms with Gasteiger partial charge < -0.3 is 15.5 Å². The second-order valence-corrected chi connectivity index (χ2v) is 7.66. The number of nitrogens with zero attached hydrogens (tertiary/aromatic N) is 1. The summed E-state index contributed by atoms with van der Waals surface area (Å²) in [5.74, 6) is -0.110. The molecule has 1 saturated heterocycles. The summed E-state index contributed by atoms with van der Waals surface area (Å²) < 4.78 is 0. The van der Waals surface area contributed by atoms with Gasteiger partial charge in [-0.05, 0) is 50.5 Å². The Kier molecular flexibility index (Phi) is 7.06. The molecule has 0 radical (unpaired) electrons. The highest BCUT2D eigenvalue weighted by atomic mass is 16.2. The van der Waals surface area contributed by atoms with Gasteiger partial charge in [-0.15, -0.1) is 0 Å². The molecule has 152 valence electrons. The highest BCUT2D eigenvalue weighted by molar-refractivity contribution is 6.00. The van der Waals surface area contributed by atoms with Crippen LogP contribution in [0.15, 0.2) is 60.7 Å². The maximum atomic E-state index is 12.5. The van der Waals surface area contributed by atoms with Crippen LogP contribution in [0.25, 0.3) is 6.08 Å². The highest BCUT2D eigenvalue weighted by Gasteiger charge is 2.23. The van der Waals surface area contributed by atoms with Crippen molar-refractivity contribution in [2.24, 2.45) is 0 Å². The van der Waals surface area contributed by atoms with E-state index in [0.29, 0.717) is 5.56 Å². The van der Waals surface area contributed by atoms with Crippen LogP contribution >= 0.6 is 0 Å². The van der Waals surface area contributed by atoms with E-state index in [1.807, 2.05) is 74.5 Å². The zero-order valence-corrected chi connectivity index (χ0v) is 17.1. The number of hydrogen-bond acceptors (Lipinski definition) is 3. The predicted octanol–water partition coefficient (Wildman–Crippen LogP) is 3.62. The fraction of sp³-hybridized carbons (Fsp3) is 0.333. The predicted molar refractivity (Wildman–Crippen MR) is 118 cm³/mol. The topological polar surface area (TPSA) is 61.4 Å². The molecule has 0 unspecified atom stereocenters. The Morgan fingerprint density at radius 3 is 2.34 bits per heavy atom. The Morgan fingerprint density at radius 1 is 1.00 bits per heavy atom. The number of anilines is 1. The summed E-state index contributed by atoms with van der Waals surface area (Å²) in [6, 6.07) is 17.8. The third kappa shape index (κ3) is 5.95. The van der Waals surface area contributed by atoms with Crippen molar-refractivity contribution in [3.05, 3.63) is 71.8 Å². The van der Waals surface area contributed by atoms with Crippen molar-refractivity contribution in [3.63, 3.8) is 0 Å². The molecule has 29 heavy (non-hydrogen) atoms.